The van der Waals surface area contributed by atoms with Crippen LogP contribution in [0.3, 0.4) is 0 Å². The molecule has 0 aliphatic heterocycles. The molecule has 2 aromatic rings. The molecule has 4 heteroatoms. The number of amides is 1. The Kier molecular flexibility index (Phi) is 3.01. The van der Waals surface area contributed by atoms with Gasteiger partial charge in [-0.3, -0.25) is 4.79 Å². The Morgan fingerprint density at radius 3 is 2.78 bits per heavy atom. The molecule has 2 aliphatic carbocycles. The third-order valence-corrected chi connectivity index (χ3v) is 5.16. The Hall–Kier alpha value is -2.62. The summed E-state index contributed by atoms with van der Waals surface area (Å²) in [6.07, 6.45) is 2.95. The van der Waals surface area contributed by atoms with Crippen molar-refractivity contribution in [2.45, 2.75) is 24.7 Å². The molecule has 4 rings (SSSR count). The van der Waals surface area contributed by atoms with Crippen molar-refractivity contribution in [1.29, 1.82) is 0 Å². The standard InChI is InChI=1S/C19H17NO3/c21-17(20-14-6-3-5-13(10-14)18(22)23)16-11-19(16)9-8-12-4-1-2-7-15(12)19/h1-7,10,16H,8-9,11H2,(H,20,21)(H,22,23). The van der Waals surface area contributed by atoms with E-state index in [4.69, 9.17) is 5.11 Å². The number of carboxylic acids is 1. The highest BCUT2D eigenvalue weighted by atomic mass is 16.4. The maximum absolute atomic E-state index is 12.6. The van der Waals surface area contributed by atoms with Crippen LogP contribution >= 0.6 is 0 Å². The van der Waals surface area contributed by atoms with Crippen LogP contribution in [0.15, 0.2) is 48.5 Å². The molecule has 23 heavy (non-hydrogen) atoms. The molecule has 2 aliphatic rings. The summed E-state index contributed by atoms with van der Waals surface area (Å²) < 4.78 is 0. The van der Waals surface area contributed by atoms with E-state index in [1.54, 1.807) is 12.1 Å². The van der Waals surface area contributed by atoms with Gasteiger partial charge in [-0.15, -0.1) is 0 Å². The van der Waals surface area contributed by atoms with Crippen LogP contribution in [-0.2, 0) is 16.6 Å². The predicted octanol–water partition coefficient (Wildman–Crippen LogP) is 3.23. The first-order chi connectivity index (χ1) is 11.1. The number of aromatic carboxylic acids is 1. The number of hydrogen-bond acceptors (Lipinski definition) is 2. The summed E-state index contributed by atoms with van der Waals surface area (Å²) in [7, 11) is 0. The summed E-state index contributed by atoms with van der Waals surface area (Å²) in [5.41, 5.74) is 3.41. The van der Waals surface area contributed by atoms with Gasteiger partial charge in [-0.2, -0.15) is 0 Å². The van der Waals surface area contributed by atoms with E-state index >= 15 is 0 Å². The zero-order chi connectivity index (χ0) is 16.0. The number of benzene rings is 2. The monoisotopic (exact) mass is 307 g/mol. The third kappa shape index (κ3) is 2.22. The first-order valence-corrected chi connectivity index (χ1v) is 7.83. The van der Waals surface area contributed by atoms with Gasteiger partial charge in [-0.25, -0.2) is 4.79 Å². The van der Waals surface area contributed by atoms with Crippen molar-refractivity contribution in [2.75, 3.05) is 5.32 Å². The van der Waals surface area contributed by atoms with Crippen molar-refractivity contribution in [3.05, 3.63) is 65.2 Å². The maximum atomic E-state index is 12.6. The molecule has 1 spiro atoms. The fourth-order valence-corrected chi connectivity index (χ4v) is 3.90. The fourth-order valence-electron chi connectivity index (χ4n) is 3.90. The molecule has 0 saturated heterocycles. The van der Waals surface area contributed by atoms with Gasteiger partial charge >= 0.3 is 5.97 Å². The highest BCUT2D eigenvalue weighted by Gasteiger charge is 2.61. The lowest BCUT2D eigenvalue weighted by Crippen LogP contribution is -2.20. The Balaban J connectivity index is 1.52. The van der Waals surface area contributed by atoms with Gasteiger partial charge in [-0.05, 0) is 48.6 Å². The number of hydrogen-bond donors (Lipinski definition) is 2. The molecule has 0 radical (unpaired) electrons. The van der Waals surface area contributed by atoms with Crippen LogP contribution in [0.1, 0.15) is 34.3 Å². The second kappa shape index (κ2) is 4.95. The Morgan fingerprint density at radius 1 is 1.13 bits per heavy atom. The molecular formula is C19H17NO3. The minimum atomic E-state index is -0.992. The number of carboxylic acid groups (broad SMARTS) is 1. The molecule has 2 aromatic carbocycles. The largest absolute Gasteiger partial charge is 0.478 e. The molecule has 1 fully saturated rings. The summed E-state index contributed by atoms with van der Waals surface area (Å²) in [6.45, 7) is 0. The van der Waals surface area contributed by atoms with Gasteiger partial charge in [0.25, 0.3) is 0 Å². The molecule has 1 saturated carbocycles. The first-order valence-electron chi connectivity index (χ1n) is 7.83. The lowest BCUT2D eigenvalue weighted by molar-refractivity contribution is -0.117. The maximum Gasteiger partial charge on any atom is 0.335 e. The molecule has 0 aromatic heterocycles. The summed E-state index contributed by atoms with van der Waals surface area (Å²) in [5.74, 6) is -1.02. The molecule has 2 unspecified atom stereocenters. The smallest absolute Gasteiger partial charge is 0.335 e. The highest BCUT2D eigenvalue weighted by Crippen LogP contribution is 2.61. The van der Waals surface area contributed by atoms with Crippen LogP contribution in [0.4, 0.5) is 5.69 Å². The second-order valence-corrected chi connectivity index (χ2v) is 6.45. The average molecular weight is 307 g/mol. The zero-order valence-electron chi connectivity index (χ0n) is 12.6. The van der Waals surface area contributed by atoms with E-state index in [-0.39, 0.29) is 22.8 Å². The van der Waals surface area contributed by atoms with E-state index in [1.807, 2.05) is 12.1 Å². The third-order valence-electron chi connectivity index (χ3n) is 5.16. The summed E-state index contributed by atoms with van der Waals surface area (Å²) in [6, 6.07) is 14.8. The average Bonchev–Trinajstić information content (AvgIpc) is 3.18. The number of fused-ring (bicyclic) bond motifs is 2. The topological polar surface area (TPSA) is 66.4 Å². The summed E-state index contributed by atoms with van der Waals surface area (Å²) >= 11 is 0. The van der Waals surface area contributed by atoms with E-state index in [0.717, 1.165) is 19.3 Å². The quantitative estimate of drug-likeness (QED) is 0.915. The van der Waals surface area contributed by atoms with Crippen molar-refractivity contribution in [2.24, 2.45) is 5.92 Å². The number of anilines is 1. The van der Waals surface area contributed by atoms with Crippen LogP contribution in [0, 0.1) is 5.92 Å². The Morgan fingerprint density at radius 2 is 1.96 bits per heavy atom. The van der Waals surface area contributed by atoms with Crippen molar-refractivity contribution >= 4 is 17.6 Å². The fraction of sp³-hybridized carbons (Fsp3) is 0.263. The number of rotatable bonds is 3. The molecule has 4 nitrogen and oxygen atoms in total. The van der Waals surface area contributed by atoms with Crippen LogP contribution in [0.5, 0.6) is 0 Å². The van der Waals surface area contributed by atoms with Crippen LogP contribution < -0.4 is 5.32 Å². The van der Waals surface area contributed by atoms with E-state index < -0.39 is 5.97 Å². The van der Waals surface area contributed by atoms with Gasteiger partial charge in [0.15, 0.2) is 0 Å². The number of nitrogens with one attached hydrogen (secondary N) is 1. The lowest BCUT2D eigenvalue weighted by atomic mass is 9.95. The van der Waals surface area contributed by atoms with E-state index in [2.05, 4.69) is 17.4 Å². The molecule has 0 heterocycles. The minimum absolute atomic E-state index is 0.00504. The normalized spacial score (nSPS) is 24.3. The molecule has 2 N–H and O–H groups in total. The molecule has 116 valence electrons. The summed E-state index contributed by atoms with van der Waals surface area (Å²) in [5, 5.41) is 11.9. The van der Waals surface area contributed by atoms with E-state index in [1.165, 1.54) is 23.3 Å². The van der Waals surface area contributed by atoms with Crippen LogP contribution in [-0.4, -0.2) is 17.0 Å². The van der Waals surface area contributed by atoms with Gasteiger partial charge < -0.3 is 10.4 Å². The Bertz CT molecular complexity index is 814. The molecule has 0 bridgehead atoms. The van der Waals surface area contributed by atoms with E-state index in [9.17, 15) is 9.59 Å². The number of aryl methyl sites for hydroxylation is 1. The Labute approximate surface area is 134 Å². The van der Waals surface area contributed by atoms with E-state index in [0.29, 0.717) is 5.69 Å². The molecular weight excluding hydrogens is 290 g/mol. The predicted molar refractivity (Wildman–Crippen MR) is 86.6 cm³/mol. The van der Waals surface area contributed by atoms with Gasteiger partial charge in [0.1, 0.15) is 0 Å². The lowest BCUT2D eigenvalue weighted by Gasteiger charge is -2.12. The summed E-state index contributed by atoms with van der Waals surface area (Å²) in [4.78, 5) is 23.6. The van der Waals surface area contributed by atoms with Gasteiger partial charge in [0.05, 0.1) is 5.56 Å². The van der Waals surface area contributed by atoms with Crippen molar-refractivity contribution in [3.8, 4) is 0 Å². The highest BCUT2D eigenvalue weighted by molar-refractivity contribution is 5.97. The van der Waals surface area contributed by atoms with Gasteiger partial charge in [0, 0.05) is 17.0 Å². The first kappa shape index (κ1) is 14.0. The number of carbonyl (C=O) groups excluding carboxylic acids is 1. The zero-order valence-corrected chi connectivity index (χ0v) is 12.6. The molecule has 1 amide bonds. The molecule has 2 atom stereocenters. The van der Waals surface area contributed by atoms with Crippen molar-refractivity contribution < 1.29 is 14.7 Å². The van der Waals surface area contributed by atoms with Crippen LogP contribution in [0.2, 0.25) is 0 Å². The van der Waals surface area contributed by atoms with Crippen molar-refractivity contribution in [3.63, 3.8) is 0 Å². The minimum Gasteiger partial charge on any atom is -0.478 e. The van der Waals surface area contributed by atoms with Crippen molar-refractivity contribution in [1.82, 2.24) is 0 Å². The number of carbonyl (C=O) groups is 2. The second-order valence-electron chi connectivity index (χ2n) is 6.45. The van der Waals surface area contributed by atoms with Gasteiger partial charge in [-0.1, -0.05) is 30.3 Å². The van der Waals surface area contributed by atoms with Gasteiger partial charge in [0.2, 0.25) is 5.91 Å². The van der Waals surface area contributed by atoms with Crippen LogP contribution in [0.25, 0.3) is 0 Å². The SMILES string of the molecule is O=C(O)c1cccc(NC(=O)C2CC23CCc2ccccc23)c1.